The number of benzene rings is 1. The Labute approximate surface area is 149 Å². The summed E-state index contributed by atoms with van der Waals surface area (Å²) in [6.45, 7) is 5.33. The summed E-state index contributed by atoms with van der Waals surface area (Å²) in [6.07, 6.45) is 0. The number of sulfonamides is 1. The largest absolute Gasteiger partial charge is 0.300 e. The van der Waals surface area contributed by atoms with Crippen LogP contribution in [0.4, 0.5) is 5.13 Å². The van der Waals surface area contributed by atoms with E-state index in [1.165, 1.54) is 0 Å². The molecule has 0 radical (unpaired) electrons. The van der Waals surface area contributed by atoms with Crippen molar-refractivity contribution in [3.05, 3.63) is 34.9 Å². The molecule has 0 aliphatic heterocycles. The summed E-state index contributed by atoms with van der Waals surface area (Å²) < 4.78 is 26.7. The van der Waals surface area contributed by atoms with Crippen LogP contribution in [0.15, 0.2) is 28.6 Å². The van der Waals surface area contributed by atoms with Crippen molar-refractivity contribution in [1.82, 2.24) is 14.9 Å². The number of carbonyl (C=O) groups is 1. The van der Waals surface area contributed by atoms with E-state index in [0.29, 0.717) is 5.02 Å². The number of halogens is 1. The molecule has 0 unspecified atom stereocenters. The van der Waals surface area contributed by atoms with Crippen molar-refractivity contribution in [3.63, 3.8) is 0 Å². The minimum Gasteiger partial charge on any atom is -0.300 e. The minimum atomic E-state index is -3.81. The summed E-state index contributed by atoms with van der Waals surface area (Å²) in [5, 5.41) is 10.6. The molecule has 10 heteroatoms. The Balaban J connectivity index is 2.04. The van der Waals surface area contributed by atoms with Crippen LogP contribution in [0, 0.1) is 5.41 Å². The zero-order chi connectivity index (χ0) is 18.0. The summed E-state index contributed by atoms with van der Waals surface area (Å²) in [6, 6.07) is 6.80. The van der Waals surface area contributed by atoms with Crippen molar-refractivity contribution < 1.29 is 13.2 Å². The number of hydrogen-bond donors (Lipinski definition) is 2. The fraction of sp³-hybridized carbons (Fsp3) is 0.357. The second kappa shape index (κ2) is 7.14. The normalized spacial score (nSPS) is 12.2. The molecule has 24 heavy (non-hydrogen) atoms. The fourth-order valence-electron chi connectivity index (χ4n) is 1.50. The molecule has 2 N–H and O–H groups in total. The number of hydrogen-bond acceptors (Lipinski definition) is 6. The third-order valence-electron chi connectivity index (χ3n) is 2.92. The first-order valence-electron chi connectivity index (χ1n) is 6.97. The van der Waals surface area contributed by atoms with Crippen molar-refractivity contribution in [2.24, 2.45) is 5.41 Å². The van der Waals surface area contributed by atoms with Crippen LogP contribution in [0.25, 0.3) is 0 Å². The van der Waals surface area contributed by atoms with E-state index in [2.05, 4.69) is 20.2 Å². The highest BCUT2D eigenvalue weighted by molar-refractivity contribution is 7.91. The molecule has 1 aromatic heterocycles. The zero-order valence-electron chi connectivity index (χ0n) is 13.3. The Morgan fingerprint density at radius 3 is 2.42 bits per heavy atom. The Kier molecular flexibility index (Phi) is 5.59. The summed E-state index contributed by atoms with van der Waals surface area (Å²) >= 11 is 6.58. The topological polar surface area (TPSA) is 101 Å². The van der Waals surface area contributed by atoms with Crippen LogP contribution in [0.5, 0.6) is 0 Å². The Bertz CT molecular complexity index is 826. The van der Waals surface area contributed by atoms with E-state index in [-0.39, 0.29) is 21.9 Å². The Morgan fingerprint density at radius 1 is 1.21 bits per heavy atom. The van der Waals surface area contributed by atoms with Crippen LogP contribution in [0.3, 0.4) is 0 Å². The maximum atomic E-state index is 12.2. The van der Waals surface area contributed by atoms with E-state index >= 15 is 0 Å². The van der Waals surface area contributed by atoms with Gasteiger partial charge in [-0.15, -0.1) is 10.2 Å². The molecule has 0 fully saturated rings. The average molecular weight is 389 g/mol. The standard InChI is InChI=1S/C14H17ClN4O3S2/c1-14(2,3)11(20)17-12-18-19-13(23-12)24(21,22)16-8-9-4-6-10(15)7-5-9/h4-7,16H,8H2,1-3H3,(H,17,18,20). The quantitative estimate of drug-likeness (QED) is 0.767. The van der Waals surface area contributed by atoms with E-state index in [1.807, 2.05) is 0 Å². The lowest BCUT2D eigenvalue weighted by Gasteiger charge is -2.15. The molecule has 0 saturated heterocycles. The van der Waals surface area contributed by atoms with Crippen LogP contribution in [0.2, 0.25) is 5.02 Å². The third-order valence-corrected chi connectivity index (χ3v) is 5.78. The minimum absolute atomic E-state index is 0.1000. The monoisotopic (exact) mass is 388 g/mol. The van der Waals surface area contributed by atoms with Crippen molar-refractivity contribution in [2.75, 3.05) is 5.32 Å². The highest BCUT2D eigenvalue weighted by atomic mass is 35.5. The molecular formula is C14H17ClN4O3S2. The number of nitrogens with zero attached hydrogens (tertiary/aromatic N) is 2. The van der Waals surface area contributed by atoms with Crippen molar-refractivity contribution >= 4 is 44.0 Å². The number of amides is 1. The summed E-state index contributed by atoms with van der Waals surface area (Å²) in [5.74, 6) is -0.267. The first-order chi connectivity index (χ1) is 11.1. The maximum absolute atomic E-state index is 12.2. The van der Waals surface area contributed by atoms with E-state index in [4.69, 9.17) is 11.6 Å². The zero-order valence-corrected chi connectivity index (χ0v) is 15.7. The molecule has 0 saturated carbocycles. The van der Waals surface area contributed by atoms with Gasteiger partial charge in [0, 0.05) is 17.0 Å². The molecular weight excluding hydrogens is 372 g/mol. The fourth-order valence-corrected chi connectivity index (χ4v) is 3.58. The highest BCUT2D eigenvalue weighted by Crippen LogP contribution is 2.23. The van der Waals surface area contributed by atoms with Gasteiger partial charge < -0.3 is 5.32 Å². The van der Waals surface area contributed by atoms with Gasteiger partial charge >= 0.3 is 0 Å². The van der Waals surface area contributed by atoms with Gasteiger partial charge in [-0.05, 0) is 17.7 Å². The second-order valence-electron chi connectivity index (χ2n) is 6.03. The van der Waals surface area contributed by atoms with Gasteiger partial charge in [0.2, 0.25) is 15.4 Å². The van der Waals surface area contributed by atoms with E-state index < -0.39 is 15.4 Å². The number of carbonyl (C=O) groups excluding carboxylic acids is 1. The van der Waals surface area contributed by atoms with Crippen molar-refractivity contribution in [2.45, 2.75) is 31.7 Å². The van der Waals surface area contributed by atoms with E-state index in [1.54, 1.807) is 45.0 Å². The molecule has 130 valence electrons. The second-order valence-corrected chi connectivity index (χ2v) is 9.38. The summed E-state index contributed by atoms with van der Waals surface area (Å²) in [7, 11) is -3.81. The lowest BCUT2D eigenvalue weighted by Crippen LogP contribution is -2.27. The van der Waals surface area contributed by atoms with Gasteiger partial charge in [-0.25, -0.2) is 13.1 Å². The van der Waals surface area contributed by atoms with Crippen molar-refractivity contribution in [1.29, 1.82) is 0 Å². The van der Waals surface area contributed by atoms with Gasteiger partial charge in [-0.2, -0.15) is 0 Å². The van der Waals surface area contributed by atoms with Gasteiger partial charge in [-0.3, -0.25) is 4.79 Å². The number of aromatic nitrogens is 2. The number of rotatable bonds is 5. The summed E-state index contributed by atoms with van der Waals surface area (Å²) in [4.78, 5) is 11.9. The SMILES string of the molecule is CC(C)(C)C(=O)Nc1nnc(S(=O)(=O)NCc2ccc(Cl)cc2)s1. The number of nitrogens with one attached hydrogen (secondary N) is 2. The summed E-state index contributed by atoms with van der Waals surface area (Å²) in [5.41, 5.74) is 0.145. The predicted octanol–water partition coefficient (Wildman–Crippen LogP) is 2.65. The first kappa shape index (κ1) is 18.8. The molecule has 1 aromatic carbocycles. The van der Waals surface area contributed by atoms with E-state index in [0.717, 1.165) is 16.9 Å². The van der Waals surface area contributed by atoms with Gasteiger partial charge in [-0.1, -0.05) is 55.8 Å². The van der Waals surface area contributed by atoms with Gasteiger partial charge in [0.1, 0.15) is 0 Å². The first-order valence-corrected chi connectivity index (χ1v) is 9.65. The Morgan fingerprint density at radius 2 is 1.83 bits per heavy atom. The molecule has 7 nitrogen and oxygen atoms in total. The van der Waals surface area contributed by atoms with Crippen molar-refractivity contribution in [3.8, 4) is 0 Å². The predicted molar refractivity (Wildman–Crippen MR) is 93.5 cm³/mol. The lowest BCUT2D eigenvalue weighted by molar-refractivity contribution is -0.123. The van der Waals surface area contributed by atoms with Gasteiger partial charge in [0.25, 0.3) is 10.0 Å². The molecule has 2 aromatic rings. The van der Waals surface area contributed by atoms with E-state index in [9.17, 15) is 13.2 Å². The molecule has 0 spiro atoms. The highest BCUT2D eigenvalue weighted by Gasteiger charge is 2.25. The third kappa shape index (κ3) is 4.97. The number of anilines is 1. The molecule has 2 rings (SSSR count). The maximum Gasteiger partial charge on any atom is 0.270 e. The molecule has 0 bridgehead atoms. The van der Waals surface area contributed by atoms with Crippen LogP contribution < -0.4 is 10.0 Å². The lowest BCUT2D eigenvalue weighted by atomic mass is 9.96. The molecule has 1 heterocycles. The average Bonchev–Trinajstić information content (AvgIpc) is 2.95. The molecule has 1 amide bonds. The van der Waals surface area contributed by atoms with Crippen LogP contribution in [-0.2, 0) is 21.4 Å². The van der Waals surface area contributed by atoms with Gasteiger partial charge in [0.05, 0.1) is 0 Å². The van der Waals surface area contributed by atoms with Crippen LogP contribution >= 0.6 is 22.9 Å². The molecule has 0 aliphatic rings. The van der Waals surface area contributed by atoms with Gasteiger partial charge in [0.15, 0.2) is 0 Å². The smallest absolute Gasteiger partial charge is 0.270 e. The molecule has 0 aliphatic carbocycles. The van der Waals surface area contributed by atoms with Crippen LogP contribution in [0.1, 0.15) is 26.3 Å². The Hall–Kier alpha value is -1.55. The van der Waals surface area contributed by atoms with Crippen LogP contribution in [-0.4, -0.2) is 24.5 Å². The molecule has 0 atom stereocenters.